The van der Waals surface area contributed by atoms with Crippen LogP contribution in [0.3, 0.4) is 0 Å². The third-order valence-corrected chi connectivity index (χ3v) is 4.79. The molecule has 1 amide bonds. The van der Waals surface area contributed by atoms with Crippen LogP contribution in [-0.4, -0.2) is 39.2 Å². The summed E-state index contributed by atoms with van der Waals surface area (Å²) in [6.45, 7) is 1.89. The Kier molecular flexibility index (Phi) is 6.52. The third-order valence-electron chi connectivity index (χ3n) is 3.68. The number of benzene rings is 2. The second-order valence-electron chi connectivity index (χ2n) is 5.77. The van der Waals surface area contributed by atoms with Crippen molar-refractivity contribution in [2.45, 2.75) is 24.3 Å². The summed E-state index contributed by atoms with van der Waals surface area (Å²) >= 11 is 0. The van der Waals surface area contributed by atoms with Crippen LogP contribution in [0.2, 0.25) is 0 Å². The molecule has 1 N–H and O–H groups in total. The molecule has 2 aromatic carbocycles. The van der Waals surface area contributed by atoms with Gasteiger partial charge in [-0.05, 0) is 30.7 Å². The first-order chi connectivity index (χ1) is 12.3. The summed E-state index contributed by atoms with van der Waals surface area (Å²) < 4.78 is 28.4. The first-order valence-electron chi connectivity index (χ1n) is 8.13. The van der Waals surface area contributed by atoms with Crippen LogP contribution in [0.15, 0.2) is 59.5 Å². The van der Waals surface area contributed by atoms with Crippen molar-refractivity contribution < 1.29 is 22.7 Å². The predicted octanol–water partition coefficient (Wildman–Crippen LogP) is 1.99. The standard InChI is InChI=1S/C19H21NO5S/c1-3-25-19(22)17(12-14-8-5-4-6-9-14)20-18(21)15-10-7-11-16(13-15)26(2,23)24/h4-11,13,17H,3,12H2,1-2H3,(H,20,21)/t17-/m1/s1. The number of hydrogen-bond donors (Lipinski definition) is 1. The van der Waals surface area contributed by atoms with E-state index in [9.17, 15) is 18.0 Å². The molecular formula is C19H21NO5S. The molecular weight excluding hydrogens is 354 g/mol. The van der Waals surface area contributed by atoms with E-state index in [0.29, 0.717) is 0 Å². The molecule has 138 valence electrons. The fourth-order valence-electron chi connectivity index (χ4n) is 2.40. The van der Waals surface area contributed by atoms with Gasteiger partial charge in [0.25, 0.3) is 5.91 Å². The van der Waals surface area contributed by atoms with Crippen molar-refractivity contribution in [3.8, 4) is 0 Å². The van der Waals surface area contributed by atoms with Crippen molar-refractivity contribution in [1.82, 2.24) is 5.32 Å². The van der Waals surface area contributed by atoms with Gasteiger partial charge in [-0.25, -0.2) is 13.2 Å². The van der Waals surface area contributed by atoms with E-state index in [0.717, 1.165) is 11.8 Å². The highest BCUT2D eigenvalue weighted by atomic mass is 32.2. The molecule has 0 aliphatic rings. The van der Waals surface area contributed by atoms with Gasteiger partial charge in [0.1, 0.15) is 6.04 Å². The second kappa shape index (κ2) is 8.62. The predicted molar refractivity (Wildman–Crippen MR) is 97.6 cm³/mol. The Bertz CT molecular complexity index is 878. The first kappa shape index (κ1) is 19.7. The van der Waals surface area contributed by atoms with Crippen molar-refractivity contribution in [2.24, 2.45) is 0 Å². The molecule has 0 heterocycles. The minimum Gasteiger partial charge on any atom is -0.464 e. The number of rotatable bonds is 7. The summed E-state index contributed by atoms with van der Waals surface area (Å²) in [7, 11) is -3.43. The van der Waals surface area contributed by atoms with Crippen molar-refractivity contribution in [1.29, 1.82) is 0 Å². The molecule has 2 rings (SSSR count). The molecule has 0 radical (unpaired) electrons. The Morgan fingerprint density at radius 1 is 1.08 bits per heavy atom. The lowest BCUT2D eigenvalue weighted by Crippen LogP contribution is -2.43. The van der Waals surface area contributed by atoms with Crippen molar-refractivity contribution in [3.63, 3.8) is 0 Å². The van der Waals surface area contributed by atoms with Crippen LogP contribution in [0.25, 0.3) is 0 Å². The smallest absolute Gasteiger partial charge is 0.328 e. The summed E-state index contributed by atoms with van der Waals surface area (Å²) in [6, 6.07) is 14.1. The molecule has 26 heavy (non-hydrogen) atoms. The van der Waals surface area contributed by atoms with E-state index < -0.39 is 27.8 Å². The summed E-state index contributed by atoms with van der Waals surface area (Å²) in [5.41, 5.74) is 1.03. The summed E-state index contributed by atoms with van der Waals surface area (Å²) in [6.07, 6.45) is 1.35. The Morgan fingerprint density at radius 2 is 1.77 bits per heavy atom. The molecule has 0 bridgehead atoms. The highest BCUT2D eigenvalue weighted by molar-refractivity contribution is 7.90. The van der Waals surface area contributed by atoms with Gasteiger partial charge in [0.15, 0.2) is 9.84 Å². The minimum atomic E-state index is -3.43. The maximum Gasteiger partial charge on any atom is 0.328 e. The number of carbonyl (C=O) groups excluding carboxylic acids is 2. The molecule has 0 fully saturated rings. The molecule has 6 nitrogen and oxygen atoms in total. The molecule has 0 saturated carbocycles. The van der Waals surface area contributed by atoms with Crippen LogP contribution in [0.1, 0.15) is 22.8 Å². The van der Waals surface area contributed by atoms with E-state index in [1.54, 1.807) is 6.92 Å². The molecule has 0 aliphatic carbocycles. The summed E-state index contributed by atoms with van der Waals surface area (Å²) in [4.78, 5) is 24.8. The number of sulfone groups is 1. The Morgan fingerprint density at radius 3 is 2.38 bits per heavy atom. The minimum absolute atomic E-state index is 0.0425. The lowest BCUT2D eigenvalue weighted by molar-refractivity contribution is -0.145. The third kappa shape index (κ3) is 5.42. The van der Waals surface area contributed by atoms with Gasteiger partial charge >= 0.3 is 5.97 Å². The fourth-order valence-corrected chi connectivity index (χ4v) is 3.06. The zero-order valence-electron chi connectivity index (χ0n) is 14.6. The van der Waals surface area contributed by atoms with Gasteiger partial charge in [0.05, 0.1) is 11.5 Å². The Hall–Kier alpha value is -2.67. The molecule has 7 heteroatoms. The molecule has 0 aromatic heterocycles. The maximum atomic E-state index is 12.5. The lowest BCUT2D eigenvalue weighted by atomic mass is 10.1. The molecule has 0 spiro atoms. The van der Waals surface area contributed by atoms with Crippen molar-refractivity contribution >= 4 is 21.7 Å². The van der Waals surface area contributed by atoms with Gasteiger partial charge in [0, 0.05) is 18.2 Å². The van der Waals surface area contributed by atoms with Crippen LogP contribution >= 0.6 is 0 Å². The van der Waals surface area contributed by atoms with Crippen LogP contribution in [0.4, 0.5) is 0 Å². The van der Waals surface area contributed by atoms with Crippen molar-refractivity contribution in [2.75, 3.05) is 12.9 Å². The van der Waals surface area contributed by atoms with E-state index in [2.05, 4.69) is 5.32 Å². The monoisotopic (exact) mass is 375 g/mol. The van der Waals surface area contributed by atoms with Crippen molar-refractivity contribution in [3.05, 3.63) is 65.7 Å². The maximum absolute atomic E-state index is 12.5. The van der Waals surface area contributed by atoms with Gasteiger partial charge in [-0.2, -0.15) is 0 Å². The van der Waals surface area contributed by atoms with E-state index >= 15 is 0 Å². The number of nitrogens with one attached hydrogen (secondary N) is 1. The van der Waals surface area contributed by atoms with Gasteiger partial charge in [-0.3, -0.25) is 4.79 Å². The van der Waals surface area contributed by atoms with Gasteiger partial charge in [0.2, 0.25) is 0 Å². The normalized spacial score (nSPS) is 12.2. The zero-order valence-corrected chi connectivity index (χ0v) is 15.5. The van der Waals surface area contributed by atoms with E-state index in [4.69, 9.17) is 4.74 Å². The lowest BCUT2D eigenvalue weighted by Gasteiger charge is -2.17. The molecule has 2 aromatic rings. The van der Waals surface area contributed by atoms with Gasteiger partial charge < -0.3 is 10.1 Å². The quantitative estimate of drug-likeness (QED) is 0.748. The SMILES string of the molecule is CCOC(=O)[C@@H](Cc1ccccc1)NC(=O)c1cccc(S(C)(=O)=O)c1. The van der Waals surface area contributed by atoms with Crippen LogP contribution in [0, 0.1) is 0 Å². The summed E-state index contributed by atoms with van der Waals surface area (Å²) in [5.74, 6) is -1.08. The van der Waals surface area contributed by atoms with E-state index in [1.165, 1.54) is 24.3 Å². The number of ether oxygens (including phenoxy) is 1. The number of hydrogen-bond acceptors (Lipinski definition) is 5. The number of amides is 1. The highest BCUT2D eigenvalue weighted by Crippen LogP contribution is 2.12. The van der Waals surface area contributed by atoms with Crippen LogP contribution in [0.5, 0.6) is 0 Å². The van der Waals surface area contributed by atoms with E-state index in [-0.39, 0.29) is 23.5 Å². The van der Waals surface area contributed by atoms with Gasteiger partial charge in [-0.1, -0.05) is 36.4 Å². The van der Waals surface area contributed by atoms with Crippen LogP contribution < -0.4 is 5.32 Å². The van der Waals surface area contributed by atoms with E-state index in [1.807, 2.05) is 30.3 Å². The molecule has 0 aliphatic heterocycles. The zero-order chi connectivity index (χ0) is 19.2. The van der Waals surface area contributed by atoms with Crippen LogP contribution in [-0.2, 0) is 25.8 Å². The Labute approximate surface area is 153 Å². The fraction of sp³-hybridized carbons (Fsp3) is 0.263. The average molecular weight is 375 g/mol. The largest absolute Gasteiger partial charge is 0.464 e. The Balaban J connectivity index is 2.21. The molecule has 0 saturated heterocycles. The first-order valence-corrected chi connectivity index (χ1v) is 10.0. The second-order valence-corrected chi connectivity index (χ2v) is 7.78. The average Bonchev–Trinajstić information content (AvgIpc) is 2.61. The number of carbonyl (C=O) groups is 2. The van der Waals surface area contributed by atoms with Gasteiger partial charge in [-0.15, -0.1) is 0 Å². The molecule has 1 atom stereocenters. The molecule has 0 unspecified atom stereocenters. The number of esters is 1. The highest BCUT2D eigenvalue weighted by Gasteiger charge is 2.23. The topological polar surface area (TPSA) is 89.5 Å². The summed E-state index contributed by atoms with van der Waals surface area (Å²) in [5, 5.41) is 2.64.